The summed E-state index contributed by atoms with van der Waals surface area (Å²) in [5.41, 5.74) is 1.10. The zero-order chi connectivity index (χ0) is 12.7. The molecule has 1 aromatic carbocycles. The molecule has 1 rings (SSSR count). The number of ether oxygens (including phenoxy) is 1. The SMILES string of the molecule is COc1cc(C#N)ccc1NC(=O)CCSC. The standard InChI is InChI=1S/C12H14N2O2S/c1-16-11-7-9(8-13)3-4-10(11)14-12(15)5-6-17-2/h3-4,7H,5-6H2,1-2H3,(H,14,15). The van der Waals surface area contributed by atoms with Crippen molar-refractivity contribution in [3.05, 3.63) is 23.8 Å². The van der Waals surface area contributed by atoms with E-state index < -0.39 is 0 Å². The lowest BCUT2D eigenvalue weighted by atomic mass is 10.2. The number of methoxy groups -OCH3 is 1. The Kier molecular flexibility index (Phi) is 5.37. The molecule has 0 aromatic heterocycles. The first-order chi connectivity index (χ1) is 8.21. The number of carbonyl (C=O) groups excluding carboxylic acids is 1. The monoisotopic (exact) mass is 250 g/mol. The second-order valence-electron chi connectivity index (χ2n) is 3.32. The molecule has 0 bridgehead atoms. The summed E-state index contributed by atoms with van der Waals surface area (Å²) in [6.07, 6.45) is 2.42. The summed E-state index contributed by atoms with van der Waals surface area (Å²) in [6, 6.07) is 6.94. The molecule has 0 spiro atoms. The smallest absolute Gasteiger partial charge is 0.225 e. The van der Waals surface area contributed by atoms with E-state index in [4.69, 9.17) is 10.00 Å². The Morgan fingerprint density at radius 3 is 2.94 bits per heavy atom. The normalized spacial score (nSPS) is 9.47. The maximum absolute atomic E-state index is 11.5. The summed E-state index contributed by atoms with van der Waals surface area (Å²) < 4.78 is 5.12. The number of nitriles is 1. The van der Waals surface area contributed by atoms with Crippen LogP contribution in [-0.4, -0.2) is 25.0 Å². The van der Waals surface area contributed by atoms with Gasteiger partial charge in [0.15, 0.2) is 0 Å². The van der Waals surface area contributed by atoms with E-state index in [0.717, 1.165) is 5.75 Å². The van der Waals surface area contributed by atoms with E-state index in [1.165, 1.54) is 7.11 Å². The van der Waals surface area contributed by atoms with Crippen LogP contribution in [0.5, 0.6) is 5.75 Å². The molecule has 0 aliphatic rings. The largest absolute Gasteiger partial charge is 0.495 e. The Balaban J connectivity index is 2.77. The van der Waals surface area contributed by atoms with Crippen LogP contribution in [0, 0.1) is 11.3 Å². The molecule has 0 aliphatic carbocycles. The highest BCUT2D eigenvalue weighted by atomic mass is 32.2. The first-order valence-corrected chi connectivity index (χ1v) is 6.47. The number of amides is 1. The van der Waals surface area contributed by atoms with Crippen LogP contribution in [0.15, 0.2) is 18.2 Å². The average Bonchev–Trinajstić information content (AvgIpc) is 2.36. The van der Waals surface area contributed by atoms with Gasteiger partial charge in [-0.3, -0.25) is 4.79 Å². The van der Waals surface area contributed by atoms with Crippen LogP contribution < -0.4 is 10.1 Å². The van der Waals surface area contributed by atoms with Gasteiger partial charge < -0.3 is 10.1 Å². The molecular weight excluding hydrogens is 236 g/mol. The average molecular weight is 250 g/mol. The van der Waals surface area contributed by atoms with E-state index in [-0.39, 0.29) is 5.91 Å². The van der Waals surface area contributed by atoms with Crippen molar-refractivity contribution in [3.8, 4) is 11.8 Å². The molecule has 0 heterocycles. The van der Waals surface area contributed by atoms with Crippen LogP contribution in [0.4, 0.5) is 5.69 Å². The zero-order valence-electron chi connectivity index (χ0n) is 9.82. The molecule has 0 radical (unpaired) electrons. The highest BCUT2D eigenvalue weighted by Gasteiger charge is 2.07. The second kappa shape index (κ2) is 6.81. The fourth-order valence-corrected chi connectivity index (χ4v) is 1.66. The van der Waals surface area contributed by atoms with Gasteiger partial charge >= 0.3 is 0 Å². The van der Waals surface area contributed by atoms with Gasteiger partial charge in [0.05, 0.1) is 24.4 Å². The van der Waals surface area contributed by atoms with Gasteiger partial charge in [0, 0.05) is 18.2 Å². The van der Waals surface area contributed by atoms with Gasteiger partial charge in [0.25, 0.3) is 0 Å². The van der Waals surface area contributed by atoms with Crippen molar-refractivity contribution in [1.82, 2.24) is 0 Å². The lowest BCUT2D eigenvalue weighted by molar-refractivity contribution is -0.115. The molecule has 17 heavy (non-hydrogen) atoms. The molecule has 4 nitrogen and oxygen atoms in total. The van der Waals surface area contributed by atoms with E-state index in [1.807, 2.05) is 12.3 Å². The third kappa shape index (κ3) is 4.00. The van der Waals surface area contributed by atoms with E-state index in [1.54, 1.807) is 30.0 Å². The minimum absolute atomic E-state index is 0.0534. The number of nitrogens with one attached hydrogen (secondary N) is 1. The highest BCUT2D eigenvalue weighted by molar-refractivity contribution is 7.98. The van der Waals surface area contributed by atoms with E-state index in [0.29, 0.717) is 23.4 Å². The van der Waals surface area contributed by atoms with Crippen LogP contribution in [0.1, 0.15) is 12.0 Å². The summed E-state index contributed by atoms with van der Waals surface area (Å²) in [6.45, 7) is 0. The van der Waals surface area contributed by atoms with Gasteiger partial charge in [0.1, 0.15) is 5.75 Å². The van der Waals surface area contributed by atoms with Gasteiger partial charge in [-0.15, -0.1) is 0 Å². The van der Waals surface area contributed by atoms with Crippen LogP contribution in [0.3, 0.4) is 0 Å². The van der Waals surface area contributed by atoms with Crippen molar-refractivity contribution in [2.45, 2.75) is 6.42 Å². The van der Waals surface area contributed by atoms with Gasteiger partial charge in [-0.2, -0.15) is 17.0 Å². The maximum atomic E-state index is 11.5. The molecular formula is C12H14N2O2S. The van der Waals surface area contributed by atoms with Gasteiger partial charge in [0.2, 0.25) is 5.91 Å². The summed E-state index contributed by atoms with van der Waals surface area (Å²) in [5.74, 6) is 1.23. The van der Waals surface area contributed by atoms with Gasteiger partial charge in [-0.1, -0.05) is 0 Å². The third-order valence-electron chi connectivity index (χ3n) is 2.14. The van der Waals surface area contributed by atoms with Crippen molar-refractivity contribution in [3.63, 3.8) is 0 Å². The quantitative estimate of drug-likeness (QED) is 0.870. The lowest BCUT2D eigenvalue weighted by Gasteiger charge is -2.10. The van der Waals surface area contributed by atoms with E-state index in [9.17, 15) is 4.79 Å². The van der Waals surface area contributed by atoms with Crippen molar-refractivity contribution >= 4 is 23.4 Å². The summed E-state index contributed by atoms with van der Waals surface area (Å²) >= 11 is 1.62. The zero-order valence-corrected chi connectivity index (χ0v) is 10.6. The maximum Gasteiger partial charge on any atom is 0.225 e. The fourth-order valence-electron chi connectivity index (χ4n) is 1.27. The molecule has 0 unspecified atom stereocenters. The first kappa shape index (κ1) is 13.4. The molecule has 0 aliphatic heterocycles. The second-order valence-corrected chi connectivity index (χ2v) is 4.30. The summed E-state index contributed by atoms with van der Waals surface area (Å²) in [4.78, 5) is 11.5. The van der Waals surface area contributed by atoms with Crippen molar-refractivity contribution in [2.24, 2.45) is 0 Å². The van der Waals surface area contributed by atoms with Gasteiger partial charge in [-0.05, 0) is 18.4 Å². The lowest BCUT2D eigenvalue weighted by Crippen LogP contribution is -2.12. The predicted molar refractivity (Wildman–Crippen MR) is 69.3 cm³/mol. The topological polar surface area (TPSA) is 62.1 Å². The van der Waals surface area contributed by atoms with Crippen LogP contribution >= 0.6 is 11.8 Å². The molecule has 1 amide bonds. The van der Waals surface area contributed by atoms with Crippen LogP contribution in [0.2, 0.25) is 0 Å². The molecule has 1 N–H and O–H groups in total. The molecule has 1 aromatic rings. The molecule has 0 atom stereocenters. The fraction of sp³-hybridized carbons (Fsp3) is 0.333. The number of hydrogen-bond donors (Lipinski definition) is 1. The number of carbonyl (C=O) groups is 1. The predicted octanol–water partition coefficient (Wildman–Crippen LogP) is 2.26. The summed E-state index contributed by atoms with van der Waals surface area (Å²) in [5, 5.41) is 11.5. The summed E-state index contributed by atoms with van der Waals surface area (Å²) in [7, 11) is 1.51. The molecule has 90 valence electrons. The highest BCUT2D eigenvalue weighted by Crippen LogP contribution is 2.25. The number of thioether (sulfide) groups is 1. The van der Waals surface area contributed by atoms with Crippen molar-refractivity contribution in [2.75, 3.05) is 24.4 Å². The van der Waals surface area contributed by atoms with E-state index >= 15 is 0 Å². The Morgan fingerprint density at radius 2 is 2.35 bits per heavy atom. The first-order valence-electron chi connectivity index (χ1n) is 5.08. The third-order valence-corrected chi connectivity index (χ3v) is 2.75. The number of benzene rings is 1. The number of anilines is 1. The Hall–Kier alpha value is -1.67. The van der Waals surface area contributed by atoms with E-state index in [2.05, 4.69) is 5.32 Å². The molecule has 0 saturated heterocycles. The Labute approximate surface area is 105 Å². The van der Waals surface area contributed by atoms with Crippen LogP contribution in [0.25, 0.3) is 0 Å². The Morgan fingerprint density at radius 1 is 1.59 bits per heavy atom. The minimum Gasteiger partial charge on any atom is -0.495 e. The Bertz CT molecular complexity index is 441. The molecule has 0 fully saturated rings. The molecule has 0 saturated carbocycles. The number of rotatable bonds is 5. The molecule has 5 heteroatoms. The van der Waals surface area contributed by atoms with Crippen molar-refractivity contribution in [1.29, 1.82) is 5.26 Å². The number of nitrogens with zero attached hydrogens (tertiary/aromatic N) is 1. The van der Waals surface area contributed by atoms with Crippen LogP contribution in [-0.2, 0) is 4.79 Å². The minimum atomic E-state index is -0.0534. The number of hydrogen-bond acceptors (Lipinski definition) is 4. The van der Waals surface area contributed by atoms with Gasteiger partial charge in [-0.25, -0.2) is 0 Å². The van der Waals surface area contributed by atoms with Crippen molar-refractivity contribution < 1.29 is 9.53 Å².